The minimum absolute atomic E-state index is 0.0680. The highest BCUT2D eigenvalue weighted by Gasteiger charge is 2.42. The standard InChI is InChI=1S/C25H24N2O5/c1-29-16-9-7-15(8-10-16)25-27-21(18-5-4-6-23(31-3)24(18)32-25)14-20(26-27)19-13-17(30-2)11-12-22(19)28/h4-13,21,25,28H,14H2,1-3H3. The van der Waals surface area contributed by atoms with Crippen molar-refractivity contribution in [3.8, 4) is 28.7 Å². The van der Waals surface area contributed by atoms with Crippen molar-refractivity contribution < 1.29 is 24.1 Å². The normalized spacial score (nSPS) is 18.8. The molecule has 0 amide bonds. The number of hydrogen-bond donors (Lipinski definition) is 1. The second-order valence-corrected chi connectivity index (χ2v) is 7.65. The molecule has 7 heteroatoms. The van der Waals surface area contributed by atoms with Crippen LogP contribution in [0.4, 0.5) is 0 Å². The number of aromatic hydroxyl groups is 1. The van der Waals surface area contributed by atoms with Crippen molar-refractivity contribution in [2.24, 2.45) is 5.10 Å². The first-order chi connectivity index (χ1) is 15.6. The van der Waals surface area contributed by atoms with Crippen LogP contribution < -0.4 is 18.9 Å². The zero-order chi connectivity index (χ0) is 22.2. The Balaban J connectivity index is 1.61. The number of para-hydroxylation sites is 1. The monoisotopic (exact) mass is 432 g/mol. The molecule has 2 unspecified atom stereocenters. The molecule has 7 nitrogen and oxygen atoms in total. The van der Waals surface area contributed by atoms with Gasteiger partial charge in [0.15, 0.2) is 11.5 Å². The van der Waals surface area contributed by atoms with E-state index in [9.17, 15) is 5.11 Å². The maximum absolute atomic E-state index is 10.5. The zero-order valence-electron chi connectivity index (χ0n) is 18.1. The molecule has 3 aromatic rings. The predicted octanol–water partition coefficient (Wildman–Crippen LogP) is 4.66. The van der Waals surface area contributed by atoms with Gasteiger partial charge in [0.2, 0.25) is 6.23 Å². The van der Waals surface area contributed by atoms with Gasteiger partial charge in [-0.3, -0.25) is 0 Å². The molecule has 3 aromatic carbocycles. The molecular weight excluding hydrogens is 408 g/mol. The number of phenolic OH excluding ortho intramolecular Hbond substituents is 1. The number of methoxy groups -OCH3 is 3. The zero-order valence-corrected chi connectivity index (χ0v) is 18.1. The third kappa shape index (κ3) is 3.26. The average Bonchev–Trinajstić information content (AvgIpc) is 3.29. The van der Waals surface area contributed by atoms with Gasteiger partial charge in [-0.15, -0.1) is 0 Å². The molecule has 2 atom stereocenters. The van der Waals surface area contributed by atoms with E-state index in [1.54, 1.807) is 33.5 Å². The van der Waals surface area contributed by atoms with Gasteiger partial charge in [0.1, 0.15) is 17.2 Å². The Morgan fingerprint density at radius 3 is 2.41 bits per heavy atom. The number of hydrogen-bond acceptors (Lipinski definition) is 7. The quantitative estimate of drug-likeness (QED) is 0.632. The van der Waals surface area contributed by atoms with Crippen LogP contribution >= 0.6 is 0 Å². The Labute approximate surface area is 186 Å². The van der Waals surface area contributed by atoms with E-state index in [1.165, 1.54) is 0 Å². The van der Waals surface area contributed by atoms with E-state index in [1.807, 2.05) is 53.5 Å². The van der Waals surface area contributed by atoms with Crippen LogP contribution in [-0.2, 0) is 0 Å². The fourth-order valence-corrected chi connectivity index (χ4v) is 4.27. The summed E-state index contributed by atoms with van der Waals surface area (Å²) in [5.74, 6) is 2.99. The van der Waals surface area contributed by atoms with Crippen molar-refractivity contribution in [3.05, 3.63) is 77.4 Å². The first-order valence-corrected chi connectivity index (χ1v) is 10.3. The molecule has 0 spiro atoms. The molecular formula is C25H24N2O5. The van der Waals surface area contributed by atoms with Gasteiger partial charge in [0.25, 0.3) is 0 Å². The second kappa shape index (κ2) is 8.00. The Morgan fingerprint density at radius 1 is 0.938 bits per heavy atom. The van der Waals surface area contributed by atoms with Gasteiger partial charge in [0, 0.05) is 23.1 Å². The number of rotatable bonds is 5. The van der Waals surface area contributed by atoms with E-state index in [0.717, 1.165) is 22.6 Å². The van der Waals surface area contributed by atoms with E-state index >= 15 is 0 Å². The van der Waals surface area contributed by atoms with Crippen LogP contribution in [-0.4, -0.2) is 37.2 Å². The molecule has 0 radical (unpaired) electrons. The summed E-state index contributed by atoms with van der Waals surface area (Å²) in [7, 11) is 4.88. The first-order valence-electron chi connectivity index (χ1n) is 10.3. The number of ether oxygens (including phenoxy) is 4. The number of benzene rings is 3. The fourth-order valence-electron chi connectivity index (χ4n) is 4.27. The van der Waals surface area contributed by atoms with Crippen molar-refractivity contribution in [1.29, 1.82) is 0 Å². The fraction of sp³-hybridized carbons (Fsp3) is 0.240. The summed E-state index contributed by atoms with van der Waals surface area (Å²) in [6.07, 6.45) is 0.150. The highest BCUT2D eigenvalue weighted by atomic mass is 16.5. The lowest BCUT2D eigenvalue weighted by Crippen LogP contribution is -2.33. The molecule has 0 aromatic heterocycles. The molecule has 164 valence electrons. The van der Waals surface area contributed by atoms with Gasteiger partial charge in [-0.25, -0.2) is 5.01 Å². The van der Waals surface area contributed by atoms with Crippen molar-refractivity contribution >= 4 is 5.71 Å². The van der Waals surface area contributed by atoms with Crippen LogP contribution in [0.25, 0.3) is 0 Å². The van der Waals surface area contributed by atoms with Crippen LogP contribution in [0, 0.1) is 0 Å². The molecule has 0 fully saturated rings. The predicted molar refractivity (Wildman–Crippen MR) is 120 cm³/mol. The third-order valence-electron chi connectivity index (χ3n) is 5.92. The number of phenols is 1. The Bertz CT molecular complexity index is 1180. The lowest BCUT2D eigenvalue weighted by atomic mass is 9.95. The van der Waals surface area contributed by atoms with E-state index in [0.29, 0.717) is 29.2 Å². The summed E-state index contributed by atoms with van der Waals surface area (Å²) in [5, 5.41) is 17.4. The molecule has 32 heavy (non-hydrogen) atoms. The summed E-state index contributed by atoms with van der Waals surface area (Å²) in [6, 6.07) is 18.7. The first kappa shape index (κ1) is 20.1. The highest BCUT2D eigenvalue weighted by Crippen LogP contribution is 2.51. The van der Waals surface area contributed by atoms with E-state index in [4.69, 9.17) is 24.0 Å². The van der Waals surface area contributed by atoms with Gasteiger partial charge in [0.05, 0.1) is 33.1 Å². The SMILES string of the molecule is COc1ccc(C2Oc3c(OC)cccc3C3CC(c4cc(OC)ccc4O)=NN32)cc1. The Kier molecular flexibility index (Phi) is 5.01. The number of hydrazone groups is 1. The Hall–Kier alpha value is -3.87. The molecule has 0 saturated carbocycles. The maximum atomic E-state index is 10.5. The lowest BCUT2D eigenvalue weighted by Gasteiger charge is -2.38. The molecule has 2 heterocycles. The van der Waals surface area contributed by atoms with Crippen LogP contribution in [0.1, 0.15) is 35.4 Å². The van der Waals surface area contributed by atoms with Crippen LogP contribution in [0.5, 0.6) is 28.7 Å². The third-order valence-corrected chi connectivity index (χ3v) is 5.92. The molecule has 2 aliphatic heterocycles. The van der Waals surface area contributed by atoms with Crippen molar-refractivity contribution in [2.45, 2.75) is 18.7 Å². The van der Waals surface area contributed by atoms with Crippen molar-refractivity contribution in [1.82, 2.24) is 5.01 Å². The molecule has 2 aliphatic rings. The average molecular weight is 432 g/mol. The minimum Gasteiger partial charge on any atom is -0.507 e. The Morgan fingerprint density at radius 2 is 1.69 bits per heavy atom. The highest BCUT2D eigenvalue weighted by molar-refractivity contribution is 6.04. The summed E-state index contributed by atoms with van der Waals surface area (Å²) >= 11 is 0. The molecule has 0 bridgehead atoms. The van der Waals surface area contributed by atoms with Crippen molar-refractivity contribution in [3.63, 3.8) is 0 Å². The number of fused-ring (bicyclic) bond motifs is 3. The lowest BCUT2D eigenvalue weighted by molar-refractivity contribution is -0.0209. The van der Waals surface area contributed by atoms with Crippen molar-refractivity contribution in [2.75, 3.05) is 21.3 Å². The van der Waals surface area contributed by atoms with E-state index in [-0.39, 0.29) is 11.8 Å². The largest absolute Gasteiger partial charge is 0.507 e. The van der Waals surface area contributed by atoms with Gasteiger partial charge in [-0.2, -0.15) is 5.10 Å². The van der Waals surface area contributed by atoms with Gasteiger partial charge < -0.3 is 24.1 Å². The molecule has 5 rings (SSSR count). The van der Waals surface area contributed by atoms with E-state index < -0.39 is 6.23 Å². The van der Waals surface area contributed by atoms with Gasteiger partial charge in [-0.05, 0) is 48.5 Å². The van der Waals surface area contributed by atoms with Gasteiger partial charge >= 0.3 is 0 Å². The van der Waals surface area contributed by atoms with Crippen LogP contribution in [0.3, 0.4) is 0 Å². The summed E-state index contributed by atoms with van der Waals surface area (Å²) in [4.78, 5) is 0. The van der Waals surface area contributed by atoms with Crippen LogP contribution in [0.15, 0.2) is 65.8 Å². The van der Waals surface area contributed by atoms with Gasteiger partial charge in [-0.1, -0.05) is 12.1 Å². The summed E-state index contributed by atoms with van der Waals surface area (Å²) < 4.78 is 22.7. The smallest absolute Gasteiger partial charge is 0.214 e. The maximum Gasteiger partial charge on any atom is 0.214 e. The molecule has 0 aliphatic carbocycles. The molecule has 1 N–H and O–H groups in total. The second-order valence-electron chi connectivity index (χ2n) is 7.65. The topological polar surface area (TPSA) is 72.8 Å². The summed E-state index contributed by atoms with van der Waals surface area (Å²) in [5.41, 5.74) is 3.35. The van der Waals surface area contributed by atoms with Crippen LogP contribution in [0.2, 0.25) is 0 Å². The summed E-state index contributed by atoms with van der Waals surface area (Å²) in [6.45, 7) is 0. The minimum atomic E-state index is -0.458. The molecule has 0 saturated heterocycles. The van der Waals surface area contributed by atoms with E-state index in [2.05, 4.69) is 0 Å². The number of nitrogens with zero attached hydrogens (tertiary/aromatic N) is 2.